The monoisotopic (exact) mass is 304 g/mol. The van der Waals surface area contributed by atoms with Crippen molar-refractivity contribution in [3.63, 3.8) is 0 Å². The van der Waals surface area contributed by atoms with Gasteiger partial charge in [0.25, 0.3) is 0 Å². The summed E-state index contributed by atoms with van der Waals surface area (Å²) in [6, 6.07) is 15.2. The van der Waals surface area contributed by atoms with Crippen molar-refractivity contribution >= 4 is 21.6 Å². The van der Waals surface area contributed by atoms with E-state index in [1.807, 2.05) is 24.3 Å². The first kappa shape index (κ1) is 12.6. The fraction of sp³-hybridized carbons (Fsp3) is 0.0714. The van der Waals surface area contributed by atoms with Crippen LogP contribution in [0, 0.1) is 17.1 Å². The van der Waals surface area contributed by atoms with Crippen molar-refractivity contribution in [1.29, 1.82) is 5.26 Å². The summed E-state index contributed by atoms with van der Waals surface area (Å²) in [7, 11) is 0. The van der Waals surface area contributed by atoms with Crippen LogP contribution >= 0.6 is 15.9 Å². The minimum atomic E-state index is -0.574. The highest BCUT2D eigenvalue weighted by atomic mass is 79.9. The molecular formula is C14H10BrFN2. The van der Waals surface area contributed by atoms with Crippen LogP contribution in [0.3, 0.4) is 0 Å². The van der Waals surface area contributed by atoms with Gasteiger partial charge in [-0.25, -0.2) is 4.39 Å². The van der Waals surface area contributed by atoms with Crippen LogP contribution in [-0.4, -0.2) is 0 Å². The Bertz CT molecular complexity index is 575. The molecule has 0 bridgehead atoms. The van der Waals surface area contributed by atoms with Gasteiger partial charge in [-0.05, 0) is 29.8 Å². The molecule has 1 unspecified atom stereocenters. The predicted octanol–water partition coefficient (Wildman–Crippen LogP) is 4.26. The minimum absolute atomic E-state index is 0.326. The highest BCUT2D eigenvalue weighted by Crippen LogP contribution is 2.22. The van der Waals surface area contributed by atoms with Gasteiger partial charge in [-0.2, -0.15) is 5.26 Å². The lowest BCUT2D eigenvalue weighted by molar-refractivity contribution is 0.629. The molecule has 0 saturated carbocycles. The van der Waals surface area contributed by atoms with E-state index in [9.17, 15) is 4.39 Å². The van der Waals surface area contributed by atoms with E-state index in [4.69, 9.17) is 5.26 Å². The molecule has 2 nitrogen and oxygen atoms in total. The maximum atomic E-state index is 13.5. The molecule has 0 aliphatic heterocycles. The third-order valence-corrected chi connectivity index (χ3v) is 3.03. The molecule has 2 aromatic rings. The Kier molecular flexibility index (Phi) is 3.96. The Morgan fingerprint density at radius 2 is 1.78 bits per heavy atom. The van der Waals surface area contributed by atoms with Gasteiger partial charge in [-0.3, -0.25) is 0 Å². The van der Waals surface area contributed by atoms with Crippen LogP contribution in [0.2, 0.25) is 0 Å². The average molecular weight is 305 g/mol. The van der Waals surface area contributed by atoms with Crippen LogP contribution in [0.4, 0.5) is 10.1 Å². The highest BCUT2D eigenvalue weighted by molar-refractivity contribution is 9.10. The number of anilines is 1. The molecule has 0 aliphatic rings. The summed E-state index contributed by atoms with van der Waals surface area (Å²) in [6.45, 7) is 0. The van der Waals surface area contributed by atoms with Crippen LogP contribution in [-0.2, 0) is 0 Å². The van der Waals surface area contributed by atoms with Crippen molar-refractivity contribution in [2.45, 2.75) is 6.04 Å². The average Bonchev–Trinajstić information content (AvgIpc) is 2.39. The fourth-order valence-corrected chi connectivity index (χ4v) is 1.84. The smallest absolute Gasteiger partial charge is 0.146 e. The van der Waals surface area contributed by atoms with Crippen molar-refractivity contribution < 1.29 is 4.39 Å². The second kappa shape index (κ2) is 5.65. The van der Waals surface area contributed by atoms with E-state index in [-0.39, 0.29) is 5.82 Å². The van der Waals surface area contributed by atoms with Gasteiger partial charge in [0, 0.05) is 4.47 Å². The van der Waals surface area contributed by atoms with Crippen LogP contribution in [0.15, 0.2) is 53.0 Å². The van der Waals surface area contributed by atoms with Gasteiger partial charge < -0.3 is 5.32 Å². The number of halogens is 2. The molecule has 0 heterocycles. The van der Waals surface area contributed by atoms with Crippen molar-refractivity contribution in [3.05, 3.63) is 64.4 Å². The molecule has 4 heteroatoms. The predicted molar refractivity (Wildman–Crippen MR) is 72.5 cm³/mol. The number of hydrogen-bond acceptors (Lipinski definition) is 2. The van der Waals surface area contributed by atoms with Crippen LogP contribution in [0.5, 0.6) is 0 Å². The molecule has 1 atom stereocenters. The second-order valence-electron chi connectivity index (χ2n) is 3.74. The van der Waals surface area contributed by atoms with E-state index in [2.05, 4.69) is 27.3 Å². The molecular weight excluding hydrogens is 295 g/mol. The van der Waals surface area contributed by atoms with Crippen LogP contribution < -0.4 is 5.32 Å². The molecule has 90 valence electrons. The molecule has 0 fully saturated rings. The number of benzene rings is 2. The molecule has 18 heavy (non-hydrogen) atoms. The lowest BCUT2D eigenvalue weighted by Gasteiger charge is -2.13. The summed E-state index contributed by atoms with van der Waals surface area (Å²) in [4.78, 5) is 0. The van der Waals surface area contributed by atoms with Gasteiger partial charge in [0.05, 0.1) is 11.8 Å². The number of nitrogens with zero attached hydrogens (tertiary/aromatic N) is 1. The number of nitrogens with one attached hydrogen (secondary N) is 1. The molecule has 0 radical (unpaired) electrons. The fourth-order valence-electron chi connectivity index (χ4n) is 1.58. The zero-order valence-corrected chi connectivity index (χ0v) is 11.0. The van der Waals surface area contributed by atoms with Crippen LogP contribution in [0.25, 0.3) is 0 Å². The summed E-state index contributed by atoms with van der Waals surface area (Å²) >= 11 is 3.33. The van der Waals surface area contributed by atoms with E-state index in [0.717, 1.165) is 10.0 Å². The highest BCUT2D eigenvalue weighted by Gasteiger charge is 2.11. The lowest BCUT2D eigenvalue weighted by Crippen LogP contribution is -2.09. The maximum absolute atomic E-state index is 13.5. The number of para-hydroxylation sites is 1. The van der Waals surface area contributed by atoms with Gasteiger partial charge in [-0.15, -0.1) is 0 Å². The van der Waals surface area contributed by atoms with Gasteiger partial charge in [0.15, 0.2) is 0 Å². The molecule has 2 rings (SSSR count). The first-order valence-corrected chi connectivity index (χ1v) is 6.16. The first-order valence-electron chi connectivity index (χ1n) is 5.37. The molecule has 1 N–H and O–H groups in total. The number of rotatable bonds is 3. The summed E-state index contributed by atoms with van der Waals surface area (Å²) in [5.41, 5.74) is 1.12. The summed E-state index contributed by atoms with van der Waals surface area (Å²) in [5, 5.41) is 12.0. The van der Waals surface area contributed by atoms with Gasteiger partial charge in [-0.1, -0.05) is 40.2 Å². The molecule has 0 aliphatic carbocycles. The first-order chi connectivity index (χ1) is 8.70. The van der Waals surface area contributed by atoms with Crippen molar-refractivity contribution in [2.24, 2.45) is 0 Å². The Hall–Kier alpha value is -1.86. The van der Waals surface area contributed by atoms with Crippen molar-refractivity contribution in [2.75, 3.05) is 5.32 Å². The largest absolute Gasteiger partial charge is 0.364 e. The summed E-state index contributed by atoms with van der Waals surface area (Å²) in [5.74, 6) is -0.366. The van der Waals surface area contributed by atoms with Gasteiger partial charge in [0.1, 0.15) is 11.9 Å². The minimum Gasteiger partial charge on any atom is -0.364 e. The molecule has 0 spiro atoms. The summed E-state index contributed by atoms with van der Waals surface area (Å²) < 4.78 is 14.4. The lowest BCUT2D eigenvalue weighted by atomic mass is 10.1. The van der Waals surface area contributed by atoms with E-state index in [1.54, 1.807) is 18.2 Å². The third-order valence-electron chi connectivity index (χ3n) is 2.51. The van der Waals surface area contributed by atoms with Crippen LogP contribution in [0.1, 0.15) is 11.6 Å². The Morgan fingerprint density at radius 3 is 2.39 bits per heavy atom. The Labute approximate surface area is 113 Å². The molecule has 0 amide bonds. The Balaban J connectivity index is 2.23. The quantitative estimate of drug-likeness (QED) is 0.919. The SMILES string of the molecule is N#CC(Nc1ccccc1F)c1ccc(Br)cc1. The van der Waals surface area contributed by atoms with Crippen molar-refractivity contribution in [3.8, 4) is 6.07 Å². The maximum Gasteiger partial charge on any atom is 0.146 e. The van der Waals surface area contributed by atoms with Gasteiger partial charge in [0.2, 0.25) is 0 Å². The molecule has 0 aromatic heterocycles. The second-order valence-corrected chi connectivity index (χ2v) is 4.65. The summed E-state index contributed by atoms with van der Waals surface area (Å²) in [6.07, 6.45) is 0. The van der Waals surface area contributed by atoms with E-state index in [1.165, 1.54) is 6.07 Å². The molecule has 0 saturated heterocycles. The van der Waals surface area contributed by atoms with Crippen molar-refractivity contribution in [1.82, 2.24) is 0 Å². The molecule has 2 aromatic carbocycles. The Morgan fingerprint density at radius 1 is 1.11 bits per heavy atom. The normalized spacial score (nSPS) is 11.6. The third kappa shape index (κ3) is 2.88. The standard InChI is InChI=1S/C14H10BrFN2/c15-11-7-5-10(6-8-11)14(9-17)18-13-4-2-1-3-12(13)16/h1-8,14,18H. The van der Waals surface area contributed by atoms with E-state index >= 15 is 0 Å². The van der Waals surface area contributed by atoms with E-state index < -0.39 is 6.04 Å². The zero-order chi connectivity index (χ0) is 13.0. The van der Waals surface area contributed by atoms with E-state index in [0.29, 0.717) is 5.69 Å². The number of hydrogen-bond donors (Lipinski definition) is 1. The number of nitriles is 1. The van der Waals surface area contributed by atoms with Gasteiger partial charge >= 0.3 is 0 Å². The topological polar surface area (TPSA) is 35.8 Å². The zero-order valence-electron chi connectivity index (χ0n) is 9.40.